The van der Waals surface area contributed by atoms with Gasteiger partial charge in [-0.15, -0.1) is 0 Å². The van der Waals surface area contributed by atoms with E-state index in [0.29, 0.717) is 22.6 Å². The summed E-state index contributed by atoms with van der Waals surface area (Å²) < 4.78 is 28.5. The highest BCUT2D eigenvalue weighted by Crippen LogP contribution is 2.39. The molecule has 8 nitrogen and oxygen atoms in total. The van der Waals surface area contributed by atoms with Crippen LogP contribution in [0.15, 0.2) is 53.4 Å². The van der Waals surface area contributed by atoms with Gasteiger partial charge in [0.05, 0.1) is 16.0 Å². The summed E-state index contributed by atoms with van der Waals surface area (Å²) in [5.74, 6) is -0.710. The van der Waals surface area contributed by atoms with Gasteiger partial charge in [0.1, 0.15) is 0 Å². The zero-order valence-corrected chi connectivity index (χ0v) is 21.7. The van der Waals surface area contributed by atoms with Crippen molar-refractivity contribution in [3.63, 3.8) is 0 Å². The largest absolute Gasteiger partial charge is 0.449 e. The minimum atomic E-state index is -3.84. The van der Waals surface area contributed by atoms with Crippen molar-refractivity contribution in [3.8, 4) is 0 Å². The number of amides is 1. The molecule has 0 bridgehead atoms. The molecular formula is C27H31N3O5S. The van der Waals surface area contributed by atoms with E-state index in [1.807, 2.05) is 24.3 Å². The molecule has 190 valence electrons. The topological polar surface area (TPSA) is 128 Å². The van der Waals surface area contributed by atoms with Crippen LogP contribution in [0, 0.1) is 11.3 Å². The second-order valence-corrected chi connectivity index (χ2v) is 11.9. The number of carbonyl (C=O) groups excluding carboxylic acids is 2. The van der Waals surface area contributed by atoms with Crippen molar-refractivity contribution in [2.24, 2.45) is 16.5 Å². The van der Waals surface area contributed by atoms with Crippen LogP contribution in [0.25, 0.3) is 10.9 Å². The molecule has 2 atom stereocenters. The quantitative estimate of drug-likeness (QED) is 0.496. The monoisotopic (exact) mass is 509 g/mol. The number of rotatable bonds is 5. The number of para-hydroxylation sites is 1. The number of sulfonamides is 1. The van der Waals surface area contributed by atoms with Crippen LogP contribution >= 0.6 is 0 Å². The number of carbonyl (C=O) groups is 2. The van der Waals surface area contributed by atoms with Crippen molar-refractivity contribution in [1.29, 1.82) is 0 Å². The van der Waals surface area contributed by atoms with Crippen LogP contribution in [0.5, 0.6) is 0 Å². The number of fused-ring (bicyclic) bond motifs is 2. The van der Waals surface area contributed by atoms with Crippen LogP contribution in [0.1, 0.15) is 55.7 Å². The minimum absolute atomic E-state index is 0.0668. The van der Waals surface area contributed by atoms with Gasteiger partial charge in [0, 0.05) is 16.8 Å². The SMILES string of the molecule is CC(OC(=O)c1c2c(nc3ccccc13)CCC(C(C)(C)C)C2)C(=O)Nc1ccc(S(N)(=O)=O)cc1. The Labute approximate surface area is 211 Å². The van der Waals surface area contributed by atoms with Crippen LogP contribution in [-0.2, 0) is 32.4 Å². The minimum Gasteiger partial charge on any atom is -0.449 e. The van der Waals surface area contributed by atoms with Crippen LogP contribution in [-0.4, -0.2) is 31.4 Å². The number of nitrogens with one attached hydrogen (secondary N) is 1. The van der Waals surface area contributed by atoms with E-state index in [1.54, 1.807) is 0 Å². The molecule has 9 heteroatoms. The summed E-state index contributed by atoms with van der Waals surface area (Å²) in [6.45, 7) is 8.12. The van der Waals surface area contributed by atoms with Crippen LogP contribution < -0.4 is 10.5 Å². The Morgan fingerprint density at radius 1 is 1.11 bits per heavy atom. The first-order valence-electron chi connectivity index (χ1n) is 11.9. The Balaban J connectivity index is 1.59. The molecule has 1 aliphatic carbocycles. The molecule has 3 N–H and O–H groups in total. The molecule has 1 amide bonds. The maximum absolute atomic E-state index is 13.5. The van der Waals surface area contributed by atoms with E-state index in [9.17, 15) is 18.0 Å². The lowest BCUT2D eigenvalue weighted by atomic mass is 9.70. The van der Waals surface area contributed by atoms with Gasteiger partial charge < -0.3 is 10.1 Å². The number of aromatic nitrogens is 1. The van der Waals surface area contributed by atoms with E-state index in [0.717, 1.165) is 36.0 Å². The molecule has 1 aromatic heterocycles. The van der Waals surface area contributed by atoms with Gasteiger partial charge in [-0.2, -0.15) is 0 Å². The Kier molecular flexibility index (Phi) is 6.90. The number of hydrogen-bond donors (Lipinski definition) is 2. The number of pyridine rings is 1. The Morgan fingerprint density at radius 2 is 1.78 bits per heavy atom. The van der Waals surface area contributed by atoms with Crippen LogP contribution in [0.3, 0.4) is 0 Å². The lowest BCUT2D eigenvalue weighted by molar-refractivity contribution is -0.123. The Morgan fingerprint density at radius 3 is 2.42 bits per heavy atom. The van der Waals surface area contributed by atoms with Crippen molar-refractivity contribution in [3.05, 3.63) is 65.4 Å². The summed E-state index contributed by atoms with van der Waals surface area (Å²) in [5.41, 5.74) is 3.45. The fourth-order valence-electron chi connectivity index (χ4n) is 4.61. The number of primary sulfonamides is 1. The second kappa shape index (κ2) is 9.63. The van der Waals surface area contributed by atoms with Crippen molar-refractivity contribution in [2.75, 3.05) is 5.32 Å². The van der Waals surface area contributed by atoms with Gasteiger partial charge in [0.2, 0.25) is 10.0 Å². The van der Waals surface area contributed by atoms with Crippen molar-refractivity contribution in [2.45, 2.75) is 58.0 Å². The molecule has 0 aliphatic heterocycles. The summed E-state index contributed by atoms with van der Waals surface area (Å²) in [7, 11) is -3.84. The normalized spacial score (nSPS) is 16.8. The van der Waals surface area contributed by atoms with Crippen LogP contribution in [0.4, 0.5) is 5.69 Å². The Hall–Kier alpha value is -3.30. The van der Waals surface area contributed by atoms with Gasteiger partial charge in [-0.05, 0) is 73.4 Å². The first-order chi connectivity index (χ1) is 16.8. The lowest BCUT2D eigenvalue weighted by Crippen LogP contribution is -2.32. The summed E-state index contributed by atoms with van der Waals surface area (Å²) >= 11 is 0. The highest BCUT2D eigenvalue weighted by atomic mass is 32.2. The zero-order valence-electron chi connectivity index (χ0n) is 20.9. The number of nitrogens with two attached hydrogens (primary N) is 1. The second-order valence-electron chi connectivity index (χ2n) is 10.3. The van der Waals surface area contributed by atoms with Gasteiger partial charge in [-0.1, -0.05) is 39.0 Å². The van der Waals surface area contributed by atoms with Crippen molar-refractivity contribution in [1.82, 2.24) is 4.98 Å². The molecule has 3 aromatic rings. The number of nitrogens with zero attached hydrogens (tertiary/aromatic N) is 1. The molecule has 2 unspecified atom stereocenters. The first kappa shape index (κ1) is 25.8. The average molecular weight is 510 g/mol. The fourth-order valence-corrected chi connectivity index (χ4v) is 5.12. The van der Waals surface area contributed by atoms with Crippen LogP contribution in [0.2, 0.25) is 0 Å². The number of ether oxygens (including phenoxy) is 1. The Bertz CT molecular complexity index is 1430. The third-order valence-electron chi connectivity index (χ3n) is 6.79. The average Bonchev–Trinajstić information content (AvgIpc) is 2.81. The van der Waals surface area contributed by atoms with Gasteiger partial charge in [-0.25, -0.2) is 18.4 Å². The third-order valence-corrected chi connectivity index (χ3v) is 7.72. The van der Waals surface area contributed by atoms with Gasteiger partial charge in [-0.3, -0.25) is 9.78 Å². The molecule has 0 saturated carbocycles. The number of anilines is 1. The number of aryl methyl sites for hydroxylation is 1. The number of hydrogen-bond acceptors (Lipinski definition) is 6. The molecule has 4 rings (SSSR count). The molecule has 0 radical (unpaired) electrons. The van der Waals surface area contributed by atoms with E-state index in [-0.39, 0.29) is 10.3 Å². The van der Waals surface area contributed by atoms with E-state index in [4.69, 9.17) is 14.9 Å². The summed E-state index contributed by atoms with van der Waals surface area (Å²) in [4.78, 5) is 31.0. The zero-order chi connectivity index (χ0) is 26.3. The molecule has 1 heterocycles. The molecule has 0 fully saturated rings. The third kappa shape index (κ3) is 5.42. The standard InChI is InChI=1S/C27H31N3O5S/c1-16(25(31)29-18-10-12-19(13-11-18)36(28,33)34)35-26(32)24-20-7-5-6-8-22(20)30-23-14-9-17(15-21(23)24)27(2,3)4/h5-8,10-13,16-17H,9,14-15H2,1-4H3,(H,29,31)(H2,28,33,34). The summed E-state index contributed by atoms with van der Waals surface area (Å²) in [5, 5.41) is 8.46. The summed E-state index contributed by atoms with van der Waals surface area (Å²) in [6.07, 6.45) is 1.42. The van der Waals surface area contributed by atoms with Crippen molar-refractivity contribution >= 4 is 38.5 Å². The van der Waals surface area contributed by atoms with Gasteiger partial charge in [0.15, 0.2) is 6.10 Å². The fraction of sp³-hybridized carbons (Fsp3) is 0.370. The van der Waals surface area contributed by atoms with E-state index in [1.165, 1.54) is 31.2 Å². The lowest BCUT2D eigenvalue weighted by Gasteiger charge is -2.35. The summed E-state index contributed by atoms with van der Waals surface area (Å²) in [6, 6.07) is 12.9. The van der Waals surface area contributed by atoms with Gasteiger partial charge >= 0.3 is 5.97 Å². The van der Waals surface area contributed by atoms with E-state index < -0.39 is 28.0 Å². The maximum atomic E-state index is 13.5. The predicted molar refractivity (Wildman–Crippen MR) is 138 cm³/mol. The molecular weight excluding hydrogens is 478 g/mol. The highest BCUT2D eigenvalue weighted by molar-refractivity contribution is 7.89. The first-order valence-corrected chi connectivity index (χ1v) is 13.4. The number of benzene rings is 2. The molecule has 0 spiro atoms. The van der Waals surface area contributed by atoms with Gasteiger partial charge in [0.25, 0.3) is 5.91 Å². The van der Waals surface area contributed by atoms with Crippen molar-refractivity contribution < 1.29 is 22.7 Å². The molecule has 2 aromatic carbocycles. The van der Waals surface area contributed by atoms with E-state index >= 15 is 0 Å². The molecule has 0 saturated heterocycles. The predicted octanol–water partition coefficient (Wildman–Crippen LogP) is 4.22. The van der Waals surface area contributed by atoms with E-state index in [2.05, 4.69) is 26.1 Å². The highest BCUT2D eigenvalue weighted by Gasteiger charge is 2.33. The smallest absolute Gasteiger partial charge is 0.339 e. The maximum Gasteiger partial charge on any atom is 0.339 e. The molecule has 1 aliphatic rings. The molecule has 36 heavy (non-hydrogen) atoms. The number of esters is 1.